The number of amides is 2. The van der Waals surface area contributed by atoms with Crippen molar-refractivity contribution < 1.29 is 29.0 Å². The Morgan fingerprint density at radius 3 is 2.48 bits per heavy atom. The molecule has 3 saturated heterocycles. The van der Waals surface area contributed by atoms with Crippen molar-refractivity contribution in [2.75, 3.05) is 49.2 Å². The molecule has 0 aliphatic carbocycles. The van der Waals surface area contributed by atoms with Crippen LogP contribution in [0.1, 0.15) is 46.0 Å². The van der Waals surface area contributed by atoms with Gasteiger partial charge in [-0.3, -0.25) is 14.4 Å². The van der Waals surface area contributed by atoms with E-state index in [9.17, 15) is 19.5 Å². The highest BCUT2D eigenvalue weighted by Gasteiger charge is 2.75. The molecule has 2 amide bonds. The highest BCUT2D eigenvalue weighted by atomic mass is 16.6. The number of carbonyl (C=O) groups is 3. The Kier molecular flexibility index (Phi) is 9.68. The molecule has 1 spiro atoms. The van der Waals surface area contributed by atoms with Gasteiger partial charge in [-0.15, -0.1) is 13.2 Å². The minimum absolute atomic E-state index is 0.121. The van der Waals surface area contributed by atoms with Crippen molar-refractivity contribution in [1.82, 2.24) is 4.90 Å². The number of allylic oxidation sites excluding steroid dienone is 1. The smallest absolute Gasteiger partial charge is 0.312 e. The SMILES string of the molecule is C=CCCCOC(=O)[C@@H]1[C@@H]2CCC3(O2)C(C(=O)N(CC=C)c2ccc(N(CC)CC)cc2)N(CCCO)C(=O)[C@H]13. The number of aliphatic hydroxyl groups is 1. The molecule has 0 saturated carbocycles. The average Bonchev–Trinajstić information content (AvgIpc) is 3.61. The molecular formula is C31H43N3O6. The van der Waals surface area contributed by atoms with Gasteiger partial charge in [-0.2, -0.15) is 0 Å². The van der Waals surface area contributed by atoms with Gasteiger partial charge >= 0.3 is 5.97 Å². The monoisotopic (exact) mass is 553 g/mol. The second kappa shape index (κ2) is 13.0. The lowest BCUT2D eigenvalue weighted by Crippen LogP contribution is -2.56. The average molecular weight is 554 g/mol. The number of anilines is 2. The van der Waals surface area contributed by atoms with Gasteiger partial charge in [0, 0.05) is 44.2 Å². The van der Waals surface area contributed by atoms with E-state index < -0.39 is 35.6 Å². The fraction of sp³-hybridized carbons (Fsp3) is 0.581. The van der Waals surface area contributed by atoms with Crippen LogP contribution in [-0.2, 0) is 23.9 Å². The van der Waals surface area contributed by atoms with Gasteiger partial charge in [0.2, 0.25) is 5.91 Å². The minimum atomic E-state index is -1.11. The topological polar surface area (TPSA) is 99.6 Å². The highest BCUT2D eigenvalue weighted by molar-refractivity contribution is 6.04. The van der Waals surface area contributed by atoms with E-state index >= 15 is 0 Å². The van der Waals surface area contributed by atoms with Crippen LogP contribution in [0.3, 0.4) is 0 Å². The molecule has 3 aliphatic rings. The molecule has 5 atom stereocenters. The summed E-state index contributed by atoms with van der Waals surface area (Å²) in [5.74, 6) is -2.54. The quantitative estimate of drug-likeness (QED) is 0.202. The van der Waals surface area contributed by atoms with Gasteiger partial charge in [0.05, 0.1) is 24.5 Å². The summed E-state index contributed by atoms with van der Waals surface area (Å²) in [5.41, 5.74) is 0.645. The second-order valence-electron chi connectivity index (χ2n) is 10.7. The zero-order chi connectivity index (χ0) is 28.9. The van der Waals surface area contributed by atoms with Crippen LogP contribution in [0.4, 0.5) is 11.4 Å². The van der Waals surface area contributed by atoms with Crippen LogP contribution in [0.15, 0.2) is 49.6 Å². The van der Waals surface area contributed by atoms with Crippen LogP contribution < -0.4 is 9.80 Å². The number of nitrogens with zero attached hydrogens (tertiary/aromatic N) is 3. The third-order valence-corrected chi connectivity index (χ3v) is 8.53. The molecule has 218 valence electrons. The second-order valence-corrected chi connectivity index (χ2v) is 10.7. The molecule has 2 bridgehead atoms. The number of benzene rings is 1. The maximum absolute atomic E-state index is 14.4. The van der Waals surface area contributed by atoms with E-state index in [4.69, 9.17) is 9.47 Å². The predicted octanol–water partition coefficient (Wildman–Crippen LogP) is 3.32. The number of rotatable bonds is 15. The van der Waals surface area contributed by atoms with E-state index in [1.165, 1.54) is 4.90 Å². The molecule has 1 N–H and O–H groups in total. The van der Waals surface area contributed by atoms with Gasteiger partial charge in [0.25, 0.3) is 5.91 Å². The Morgan fingerprint density at radius 1 is 1.15 bits per heavy atom. The number of hydrogen-bond acceptors (Lipinski definition) is 7. The first-order chi connectivity index (χ1) is 19.4. The lowest BCUT2D eigenvalue weighted by molar-refractivity contribution is -0.155. The third-order valence-electron chi connectivity index (χ3n) is 8.53. The third kappa shape index (κ3) is 5.29. The lowest BCUT2D eigenvalue weighted by atomic mass is 9.70. The summed E-state index contributed by atoms with van der Waals surface area (Å²) in [6.45, 7) is 14.1. The summed E-state index contributed by atoms with van der Waals surface area (Å²) < 4.78 is 12.0. The largest absolute Gasteiger partial charge is 0.465 e. The number of aliphatic hydroxyl groups excluding tert-OH is 1. The van der Waals surface area contributed by atoms with Gasteiger partial charge in [0.1, 0.15) is 11.6 Å². The van der Waals surface area contributed by atoms with E-state index in [0.29, 0.717) is 31.4 Å². The van der Waals surface area contributed by atoms with Crippen molar-refractivity contribution >= 4 is 29.2 Å². The van der Waals surface area contributed by atoms with E-state index in [-0.39, 0.29) is 38.1 Å². The first-order valence-electron chi connectivity index (χ1n) is 14.5. The van der Waals surface area contributed by atoms with Crippen molar-refractivity contribution in [3.05, 3.63) is 49.6 Å². The van der Waals surface area contributed by atoms with Crippen LogP contribution in [-0.4, -0.2) is 84.9 Å². The van der Waals surface area contributed by atoms with Crippen molar-refractivity contribution in [1.29, 1.82) is 0 Å². The van der Waals surface area contributed by atoms with Crippen molar-refractivity contribution in [3.63, 3.8) is 0 Å². The maximum Gasteiger partial charge on any atom is 0.312 e. The van der Waals surface area contributed by atoms with Crippen molar-refractivity contribution in [2.45, 2.75) is 63.7 Å². The normalized spacial score (nSPS) is 26.5. The van der Waals surface area contributed by atoms with Crippen LogP contribution in [0.25, 0.3) is 0 Å². The Hall–Kier alpha value is -3.17. The van der Waals surface area contributed by atoms with E-state index in [1.54, 1.807) is 17.1 Å². The molecule has 3 heterocycles. The number of ether oxygens (including phenoxy) is 2. The standard InChI is InChI=1S/C31H43N3O6/c1-5-9-10-21-39-30(38)25-24-16-17-31(40-24)26(25)28(36)34(19-11-20-35)27(31)29(37)33(18-6-2)23-14-12-22(13-15-23)32(7-3)8-4/h5-6,12-15,24-27,35H,1-2,7-11,16-21H2,3-4H3/t24-,25+,26-,27?,31?/m0/s1. The molecular weight excluding hydrogens is 510 g/mol. The number of likely N-dealkylation sites (tertiary alicyclic amines) is 1. The molecule has 3 aliphatic heterocycles. The Bertz CT molecular complexity index is 1090. The fourth-order valence-electron chi connectivity index (χ4n) is 6.71. The minimum Gasteiger partial charge on any atom is -0.465 e. The molecule has 0 radical (unpaired) electrons. The Balaban J connectivity index is 1.66. The van der Waals surface area contributed by atoms with Gasteiger partial charge < -0.3 is 29.3 Å². The molecule has 3 fully saturated rings. The van der Waals surface area contributed by atoms with Gasteiger partial charge in [-0.25, -0.2) is 0 Å². The first kappa shape index (κ1) is 29.8. The summed E-state index contributed by atoms with van der Waals surface area (Å²) in [5, 5.41) is 9.57. The highest BCUT2D eigenvalue weighted by Crippen LogP contribution is 2.59. The van der Waals surface area contributed by atoms with E-state index in [2.05, 4.69) is 31.9 Å². The van der Waals surface area contributed by atoms with Crippen molar-refractivity contribution in [2.24, 2.45) is 11.8 Å². The Labute approximate surface area is 237 Å². The number of hydrogen-bond donors (Lipinski definition) is 1. The Morgan fingerprint density at radius 2 is 1.85 bits per heavy atom. The molecule has 9 nitrogen and oxygen atoms in total. The molecule has 40 heavy (non-hydrogen) atoms. The molecule has 2 unspecified atom stereocenters. The zero-order valence-corrected chi connectivity index (χ0v) is 23.8. The van der Waals surface area contributed by atoms with Crippen LogP contribution >= 0.6 is 0 Å². The van der Waals surface area contributed by atoms with Gasteiger partial charge in [-0.1, -0.05) is 12.2 Å². The summed E-state index contributed by atoms with van der Waals surface area (Å²) in [4.78, 5) is 47.0. The van der Waals surface area contributed by atoms with Crippen LogP contribution in [0, 0.1) is 11.8 Å². The first-order valence-corrected chi connectivity index (χ1v) is 14.5. The number of unbranched alkanes of at least 4 members (excludes halogenated alkanes) is 1. The molecule has 0 aromatic heterocycles. The number of esters is 1. The molecule has 1 aromatic carbocycles. The summed E-state index contributed by atoms with van der Waals surface area (Å²) in [6.07, 6.45) is 5.75. The fourth-order valence-corrected chi connectivity index (χ4v) is 6.71. The molecule has 9 heteroatoms. The number of carbonyl (C=O) groups excluding carboxylic acids is 3. The zero-order valence-electron chi connectivity index (χ0n) is 23.8. The lowest BCUT2D eigenvalue weighted by Gasteiger charge is -2.37. The van der Waals surface area contributed by atoms with E-state index in [1.807, 2.05) is 24.3 Å². The van der Waals surface area contributed by atoms with Gasteiger partial charge in [0.15, 0.2) is 0 Å². The van der Waals surface area contributed by atoms with Crippen LogP contribution in [0.5, 0.6) is 0 Å². The van der Waals surface area contributed by atoms with Crippen LogP contribution in [0.2, 0.25) is 0 Å². The van der Waals surface area contributed by atoms with E-state index in [0.717, 1.165) is 25.2 Å². The van der Waals surface area contributed by atoms with Gasteiger partial charge in [-0.05, 0) is 70.2 Å². The summed E-state index contributed by atoms with van der Waals surface area (Å²) in [6, 6.07) is 6.89. The summed E-state index contributed by atoms with van der Waals surface area (Å²) in [7, 11) is 0. The predicted molar refractivity (Wildman–Crippen MR) is 154 cm³/mol. The maximum atomic E-state index is 14.4. The summed E-state index contributed by atoms with van der Waals surface area (Å²) >= 11 is 0. The number of fused-ring (bicyclic) bond motifs is 1. The molecule has 4 rings (SSSR count). The van der Waals surface area contributed by atoms with Crippen molar-refractivity contribution in [3.8, 4) is 0 Å². The molecule has 1 aromatic rings.